The normalized spacial score (nSPS) is 52.0. The van der Waals surface area contributed by atoms with Crippen LogP contribution in [0.15, 0.2) is 0 Å². The number of aliphatic hydroxyl groups excluding tert-OH is 1. The van der Waals surface area contributed by atoms with Gasteiger partial charge in [-0.15, -0.1) is 0 Å². The predicted octanol–water partition coefficient (Wildman–Crippen LogP) is 7.34. The van der Waals surface area contributed by atoms with Crippen molar-refractivity contribution in [2.75, 3.05) is 7.11 Å². The molecule has 0 aliphatic heterocycles. The maximum Gasteiger partial charge on any atom is 0.0638 e. The molecule has 12 atom stereocenters. The number of aliphatic hydroxyl groups is 1. The van der Waals surface area contributed by atoms with E-state index in [2.05, 4.69) is 41.5 Å². The summed E-state index contributed by atoms with van der Waals surface area (Å²) in [5, 5.41) is 11.1. The molecular weight excluding hydrogens is 392 g/mol. The van der Waals surface area contributed by atoms with E-state index in [-0.39, 0.29) is 6.10 Å². The second kappa shape index (κ2) is 7.97. The number of hydrogen-bond acceptors (Lipinski definition) is 2. The van der Waals surface area contributed by atoms with E-state index in [1.54, 1.807) is 0 Å². The molecule has 1 spiro atoms. The molecule has 0 saturated heterocycles. The van der Waals surface area contributed by atoms with E-state index in [0.29, 0.717) is 40.1 Å². The van der Waals surface area contributed by atoms with E-state index in [1.165, 1.54) is 51.4 Å². The highest BCUT2D eigenvalue weighted by atomic mass is 16.5. The lowest BCUT2D eigenvalue weighted by molar-refractivity contribution is -0.161. The average Bonchev–Trinajstić information content (AvgIpc) is 3.24. The van der Waals surface area contributed by atoms with Crippen LogP contribution in [-0.4, -0.2) is 24.4 Å². The fourth-order valence-corrected chi connectivity index (χ4v) is 11.5. The second-order valence-electron chi connectivity index (χ2n) is 14.1. The number of fused-ring (bicyclic) bond motifs is 4. The van der Waals surface area contributed by atoms with Crippen molar-refractivity contribution in [1.82, 2.24) is 0 Å². The van der Waals surface area contributed by atoms with Gasteiger partial charge in [0.2, 0.25) is 0 Å². The van der Waals surface area contributed by atoms with Crippen molar-refractivity contribution in [3.05, 3.63) is 0 Å². The van der Waals surface area contributed by atoms with Crippen LogP contribution in [0.2, 0.25) is 0 Å². The minimum atomic E-state index is -0.134. The van der Waals surface area contributed by atoms with Crippen LogP contribution in [0.4, 0.5) is 0 Å². The smallest absolute Gasteiger partial charge is 0.0638 e. The van der Waals surface area contributed by atoms with Gasteiger partial charge in [-0.05, 0) is 116 Å². The van der Waals surface area contributed by atoms with Gasteiger partial charge >= 0.3 is 0 Å². The van der Waals surface area contributed by atoms with E-state index >= 15 is 0 Å². The van der Waals surface area contributed by atoms with Crippen LogP contribution in [0.25, 0.3) is 0 Å². The van der Waals surface area contributed by atoms with Crippen molar-refractivity contribution < 1.29 is 9.84 Å². The number of rotatable bonds is 7. The third kappa shape index (κ3) is 3.03. The maximum absolute atomic E-state index is 11.1. The fraction of sp³-hybridized carbons (Fsp3) is 1.00. The SMILES string of the molecule is CC[C@@H](C(C)C)[C@@H](O)C[C@@H](C)C1CCC2C3C[C@@H](OC)[C@]45CC4CC[C@]5(C)C3CC[C@@]21C. The van der Waals surface area contributed by atoms with Crippen LogP contribution in [0, 0.1) is 63.6 Å². The van der Waals surface area contributed by atoms with Gasteiger partial charge in [0, 0.05) is 12.5 Å². The molecule has 1 N–H and O–H groups in total. The molecule has 5 rings (SSSR count). The Morgan fingerprint density at radius 2 is 1.75 bits per heavy atom. The van der Waals surface area contributed by atoms with Crippen LogP contribution in [-0.2, 0) is 4.74 Å². The molecule has 0 aromatic heterocycles. The quantitative estimate of drug-likeness (QED) is 0.445. The zero-order valence-corrected chi connectivity index (χ0v) is 22.2. The Morgan fingerprint density at radius 1 is 1.00 bits per heavy atom. The van der Waals surface area contributed by atoms with E-state index in [9.17, 15) is 5.11 Å². The Morgan fingerprint density at radius 3 is 2.38 bits per heavy atom. The molecule has 32 heavy (non-hydrogen) atoms. The number of ether oxygens (including phenoxy) is 1. The first-order valence-corrected chi connectivity index (χ1v) is 14.3. The van der Waals surface area contributed by atoms with Crippen LogP contribution in [0.5, 0.6) is 0 Å². The van der Waals surface area contributed by atoms with Crippen molar-refractivity contribution in [2.45, 2.75) is 118 Å². The van der Waals surface area contributed by atoms with Gasteiger partial charge < -0.3 is 9.84 Å². The molecule has 0 aromatic carbocycles. The lowest BCUT2D eigenvalue weighted by Crippen LogP contribution is -2.57. The second-order valence-corrected chi connectivity index (χ2v) is 14.1. The maximum atomic E-state index is 11.1. The lowest BCUT2D eigenvalue weighted by atomic mass is 9.45. The van der Waals surface area contributed by atoms with Crippen molar-refractivity contribution in [2.24, 2.45) is 63.6 Å². The monoisotopic (exact) mass is 444 g/mol. The Kier molecular flexibility index (Phi) is 5.89. The van der Waals surface area contributed by atoms with Crippen molar-refractivity contribution >= 4 is 0 Å². The Balaban J connectivity index is 1.35. The first-order chi connectivity index (χ1) is 15.1. The van der Waals surface area contributed by atoms with Gasteiger partial charge in [-0.25, -0.2) is 0 Å². The molecular formula is C30H52O2. The average molecular weight is 445 g/mol. The Labute approximate surface area is 198 Å². The molecule has 0 bridgehead atoms. The summed E-state index contributed by atoms with van der Waals surface area (Å²) < 4.78 is 6.30. The van der Waals surface area contributed by atoms with Crippen LogP contribution in [0.1, 0.15) is 106 Å². The fourth-order valence-electron chi connectivity index (χ4n) is 11.5. The zero-order chi connectivity index (χ0) is 23.1. The molecule has 2 nitrogen and oxygen atoms in total. The Bertz CT molecular complexity index is 703. The van der Waals surface area contributed by atoms with Crippen LogP contribution >= 0.6 is 0 Å². The molecule has 5 aliphatic carbocycles. The molecule has 0 aromatic rings. The standard InChI is InChI=1S/C30H52O2/c1-8-21(18(2)3)26(31)15-19(4)23-9-10-24-22-16-27(32-7)30-17-20(30)11-14-29(30,6)25(22)12-13-28(23,24)5/h18-27,31H,8-17H2,1-7H3/t19-,20?,21+,22?,23?,24?,25?,26+,27-,28-,29-,30+/m1/s1. The van der Waals surface area contributed by atoms with Crippen molar-refractivity contribution in [1.29, 1.82) is 0 Å². The van der Waals surface area contributed by atoms with Gasteiger partial charge in [0.1, 0.15) is 0 Å². The third-order valence-electron chi connectivity index (χ3n) is 13.0. The van der Waals surface area contributed by atoms with E-state index in [4.69, 9.17) is 4.74 Å². The first-order valence-electron chi connectivity index (χ1n) is 14.3. The van der Waals surface area contributed by atoms with Gasteiger partial charge in [0.05, 0.1) is 12.2 Å². The van der Waals surface area contributed by atoms with Gasteiger partial charge in [0.15, 0.2) is 0 Å². The van der Waals surface area contributed by atoms with Gasteiger partial charge in [-0.2, -0.15) is 0 Å². The van der Waals surface area contributed by atoms with Gasteiger partial charge in [-0.3, -0.25) is 0 Å². The van der Waals surface area contributed by atoms with Gasteiger partial charge in [-0.1, -0.05) is 48.0 Å². The predicted molar refractivity (Wildman–Crippen MR) is 132 cm³/mol. The highest BCUT2D eigenvalue weighted by Gasteiger charge is 2.77. The lowest BCUT2D eigenvalue weighted by Gasteiger charge is -2.61. The van der Waals surface area contributed by atoms with Crippen LogP contribution in [0.3, 0.4) is 0 Å². The third-order valence-corrected chi connectivity index (χ3v) is 13.0. The minimum Gasteiger partial charge on any atom is -0.393 e. The van der Waals surface area contributed by atoms with E-state index < -0.39 is 0 Å². The van der Waals surface area contributed by atoms with E-state index in [0.717, 1.165) is 42.4 Å². The molecule has 0 radical (unpaired) electrons. The number of methoxy groups -OCH3 is 1. The first kappa shape index (κ1) is 23.7. The summed E-state index contributed by atoms with van der Waals surface area (Å²) in [6, 6.07) is 0. The molecule has 184 valence electrons. The molecule has 2 heteroatoms. The summed E-state index contributed by atoms with van der Waals surface area (Å²) in [5.41, 5.74) is 1.55. The van der Waals surface area contributed by atoms with Gasteiger partial charge in [0.25, 0.3) is 0 Å². The summed E-state index contributed by atoms with van der Waals surface area (Å²) in [6.07, 6.45) is 13.9. The number of hydrogen-bond donors (Lipinski definition) is 1. The summed E-state index contributed by atoms with van der Waals surface area (Å²) in [5.74, 6) is 6.09. The van der Waals surface area contributed by atoms with Crippen molar-refractivity contribution in [3.8, 4) is 0 Å². The largest absolute Gasteiger partial charge is 0.393 e. The highest BCUT2D eigenvalue weighted by Crippen LogP contribution is 2.82. The summed E-state index contributed by atoms with van der Waals surface area (Å²) in [4.78, 5) is 0. The summed E-state index contributed by atoms with van der Waals surface area (Å²) >= 11 is 0. The summed E-state index contributed by atoms with van der Waals surface area (Å²) in [6.45, 7) is 14.6. The topological polar surface area (TPSA) is 29.5 Å². The Hall–Kier alpha value is -0.0800. The molecule has 5 unspecified atom stereocenters. The van der Waals surface area contributed by atoms with Crippen molar-refractivity contribution in [3.63, 3.8) is 0 Å². The summed E-state index contributed by atoms with van der Waals surface area (Å²) in [7, 11) is 2.01. The molecule has 5 fully saturated rings. The van der Waals surface area contributed by atoms with E-state index in [1.807, 2.05) is 7.11 Å². The molecule has 0 heterocycles. The minimum absolute atomic E-state index is 0.134. The van der Waals surface area contributed by atoms with Crippen LogP contribution < -0.4 is 0 Å². The molecule has 5 aliphatic rings. The zero-order valence-electron chi connectivity index (χ0n) is 22.2. The molecule has 0 amide bonds. The highest BCUT2D eigenvalue weighted by molar-refractivity contribution is 5.26. The molecule has 5 saturated carbocycles.